The van der Waals surface area contributed by atoms with Crippen LogP contribution in [0, 0.1) is 0 Å². The monoisotopic (exact) mass is 320 g/mol. The summed E-state index contributed by atoms with van der Waals surface area (Å²) >= 11 is 0. The van der Waals surface area contributed by atoms with Gasteiger partial charge in [-0.1, -0.05) is 0 Å². The zero-order valence-corrected chi connectivity index (χ0v) is 13.9. The van der Waals surface area contributed by atoms with E-state index in [0.717, 1.165) is 19.3 Å². The summed E-state index contributed by atoms with van der Waals surface area (Å²) in [5, 5.41) is 0. The molecule has 1 fully saturated rings. The molecule has 23 heavy (non-hydrogen) atoms. The highest BCUT2D eigenvalue weighted by molar-refractivity contribution is 5.96. The van der Waals surface area contributed by atoms with Gasteiger partial charge >= 0.3 is 0 Å². The van der Waals surface area contributed by atoms with E-state index in [9.17, 15) is 9.59 Å². The van der Waals surface area contributed by atoms with E-state index in [4.69, 9.17) is 15.2 Å². The number of likely N-dealkylation sites (tertiary alicyclic amines) is 1. The van der Waals surface area contributed by atoms with Crippen LogP contribution in [0.25, 0.3) is 0 Å². The van der Waals surface area contributed by atoms with Crippen molar-refractivity contribution in [3.63, 3.8) is 0 Å². The average Bonchev–Trinajstić information content (AvgIpc) is 2.52. The molecule has 1 aromatic rings. The molecule has 6 heteroatoms. The summed E-state index contributed by atoms with van der Waals surface area (Å²) in [7, 11) is 1.52. The van der Waals surface area contributed by atoms with E-state index in [0.29, 0.717) is 5.75 Å². The summed E-state index contributed by atoms with van der Waals surface area (Å²) < 4.78 is 10.7. The highest BCUT2D eigenvalue weighted by atomic mass is 16.5. The molecule has 126 valence electrons. The first-order chi connectivity index (χ1) is 10.9. The third-order valence-electron chi connectivity index (χ3n) is 4.29. The Morgan fingerprint density at radius 1 is 1.26 bits per heavy atom. The van der Waals surface area contributed by atoms with Gasteiger partial charge in [0, 0.05) is 18.2 Å². The van der Waals surface area contributed by atoms with Crippen molar-refractivity contribution < 1.29 is 19.1 Å². The highest BCUT2D eigenvalue weighted by Crippen LogP contribution is 2.26. The van der Waals surface area contributed by atoms with Gasteiger partial charge in [-0.2, -0.15) is 0 Å². The molecule has 1 aromatic carbocycles. The minimum absolute atomic E-state index is 0.0806. The molecular weight excluding hydrogens is 296 g/mol. The topological polar surface area (TPSA) is 81.9 Å². The second-order valence-electron chi connectivity index (χ2n) is 5.94. The fraction of sp³-hybridized carbons (Fsp3) is 0.529. The lowest BCUT2D eigenvalue weighted by Gasteiger charge is -2.39. The molecule has 0 spiro atoms. The summed E-state index contributed by atoms with van der Waals surface area (Å²) in [5.74, 6) is 0.123. The van der Waals surface area contributed by atoms with E-state index >= 15 is 0 Å². The summed E-state index contributed by atoms with van der Waals surface area (Å²) in [6.07, 6.45) is 3.14. The number of hydrogen-bond acceptors (Lipinski definition) is 4. The number of hydrogen-bond donors (Lipinski definition) is 1. The van der Waals surface area contributed by atoms with Crippen molar-refractivity contribution in [2.24, 2.45) is 5.73 Å². The van der Waals surface area contributed by atoms with Crippen molar-refractivity contribution >= 4 is 11.8 Å². The Balaban J connectivity index is 2.10. The summed E-state index contributed by atoms with van der Waals surface area (Å²) in [6, 6.07) is 5.14. The molecule has 1 aliphatic rings. The molecule has 0 bridgehead atoms. The molecule has 0 aliphatic carbocycles. The third kappa shape index (κ3) is 3.94. The molecule has 1 aliphatic heterocycles. The molecule has 2 atom stereocenters. The zero-order chi connectivity index (χ0) is 17.0. The van der Waals surface area contributed by atoms with E-state index in [-0.39, 0.29) is 35.9 Å². The maximum atomic E-state index is 12.5. The number of carbonyl (C=O) groups is 2. The molecule has 1 heterocycles. The second-order valence-corrected chi connectivity index (χ2v) is 5.94. The Morgan fingerprint density at radius 2 is 1.91 bits per heavy atom. The van der Waals surface area contributed by atoms with Crippen LogP contribution in [-0.2, 0) is 4.79 Å². The first kappa shape index (κ1) is 17.1. The number of nitrogens with two attached hydrogens (primary N) is 1. The lowest BCUT2D eigenvalue weighted by atomic mass is 9.97. The Kier molecular flexibility index (Phi) is 5.47. The van der Waals surface area contributed by atoms with Gasteiger partial charge in [-0.15, -0.1) is 0 Å². The molecule has 6 nitrogen and oxygen atoms in total. The molecule has 2 N–H and O–H groups in total. The Hall–Kier alpha value is -2.24. The summed E-state index contributed by atoms with van der Waals surface area (Å²) in [6.45, 7) is 3.98. The van der Waals surface area contributed by atoms with Gasteiger partial charge in [-0.25, -0.2) is 0 Å². The molecule has 0 aromatic heterocycles. The smallest absolute Gasteiger partial charge is 0.260 e. The van der Waals surface area contributed by atoms with Crippen molar-refractivity contribution in [3.8, 4) is 11.5 Å². The lowest BCUT2D eigenvalue weighted by Crippen LogP contribution is -2.49. The Bertz CT molecular complexity index is 578. The number of rotatable bonds is 5. The van der Waals surface area contributed by atoms with Crippen LogP contribution in [0.4, 0.5) is 0 Å². The van der Waals surface area contributed by atoms with Crippen LogP contribution in [0.3, 0.4) is 0 Å². The minimum atomic E-state index is -0.602. The van der Waals surface area contributed by atoms with Crippen molar-refractivity contribution in [2.45, 2.75) is 45.2 Å². The van der Waals surface area contributed by atoms with E-state index in [1.807, 2.05) is 18.7 Å². The van der Waals surface area contributed by atoms with Gasteiger partial charge in [0.2, 0.25) is 0 Å². The first-order valence-corrected chi connectivity index (χ1v) is 7.85. The van der Waals surface area contributed by atoms with E-state index in [2.05, 4.69) is 0 Å². The fourth-order valence-corrected chi connectivity index (χ4v) is 3.08. The Morgan fingerprint density at radius 3 is 2.48 bits per heavy atom. The maximum Gasteiger partial charge on any atom is 0.260 e. The van der Waals surface area contributed by atoms with Gasteiger partial charge in [-0.05, 0) is 45.2 Å². The van der Waals surface area contributed by atoms with Crippen LogP contribution in [-0.4, -0.2) is 42.5 Å². The fourth-order valence-electron chi connectivity index (χ4n) is 3.08. The van der Waals surface area contributed by atoms with Gasteiger partial charge < -0.3 is 20.1 Å². The lowest BCUT2D eigenvalue weighted by molar-refractivity contribution is -0.139. The van der Waals surface area contributed by atoms with Gasteiger partial charge in [-0.3, -0.25) is 9.59 Å². The molecule has 1 saturated heterocycles. The van der Waals surface area contributed by atoms with Crippen molar-refractivity contribution in [2.75, 3.05) is 13.7 Å². The third-order valence-corrected chi connectivity index (χ3v) is 4.29. The van der Waals surface area contributed by atoms with Crippen LogP contribution in [0.15, 0.2) is 18.2 Å². The molecule has 0 unspecified atom stereocenters. The SMILES string of the molecule is COc1ccc(C(N)=O)c(OCC(=O)N2[C@@H](C)CCC[C@@H]2C)c1. The predicted molar refractivity (Wildman–Crippen MR) is 86.6 cm³/mol. The molecule has 0 saturated carbocycles. The van der Waals surface area contributed by atoms with Gasteiger partial charge in [0.05, 0.1) is 12.7 Å². The number of nitrogens with zero attached hydrogens (tertiary/aromatic N) is 1. The minimum Gasteiger partial charge on any atom is -0.497 e. The number of primary amides is 1. The van der Waals surface area contributed by atoms with E-state index < -0.39 is 5.91 Å². The van der Waals surface area contributed by atoms with Crippen LogP contribution < -0.4 is 15.2 Å². The maximum absolute atomic E-state index is 12.5. The van der Waals surface area contributed by atoms with Crippen LogP contribution in [0.1, 0.15) is 43.5 Å². The average molecular weight is 320 g/mol. The van der Waals surface area contributed by atoms with Crippen molar-refractivity contribution in [1.82, 2.24) is 4.90 Å². The van der Waals surface area contributed by atoms with Crippen molar-refractivity contribution in [1.29, 1.82) is 0 Å². The number of piperidine rings is 1. The normalized spacial score (nSPS) is 20.9. The van der Waals surface area contributed by atoms with Crippen LogP contribution >= 0.6 is 0 Å². The summed E-state index contributed by atoms with van der Waals surface area (Å²) in [4.78, 5) is 25.8. The predicted octanol–water partition coefficient (Wildman–Crippen LogP) is 1.96. The Labute approximate surface area is 136 Å². The molecule has 2 rings (SSSR count). The molecule has 0 radical (unpaired) electrons. The first-order valence-electron chi connectivity index (χ1n) is 7.85. The van der Waals surface area contributed by atoms with Crippen molar-refractivity contribution in [3.05, 3.63) is 23.8 Å². The number of amides is 2. The highest BCUT2D eigenvalue weighted by Gasteiger charge is 2.29. The van der Waals surface area contributed by atoms with Crippen LogP contribution in [0.2, 0.25) is 0 Å². The standard InChI is InChI=1S/C17H24N2O4/c1-11-5-4-6-12(2)19(11)16(20)10-23-15-9-13(22-3)7-8-14(15)17(18)21/h7-9,11-12H,4-6,10H2,1-3H3,(H2,18,21)/t11-,12-/m0/s1. The number of methoxy groups -OCH3 is 1. The molecule has 2 amide bonds. The number of benzene rings is 1. The number of ether oxygens (including phenoxy) is 2. The van der Waals surface area contributed by atoms with E-state index in [1.165, 1.54) is 13.2 Å². The molecular formula is C17H24N2O4. The second kappa shape index (κ2) is 7.35. The zero-order valence-electron chi connectivity index (χ0n) is 13.9. The van der Waals surface area contributed by atoms with E-state index in [1.54, 1.807) is 12.1 Å². The van der Waals surface area contributed by atoms with Crippen LogP contribution in [0.5, 0.6) is 11.5 Å². The van der Waals surface area contributed by atoms with Gasteiger partial charge in [0.25, 0.3) is 11.8 Å². The summed E-state index contributed by atoms with van der Waals surface area (Å²) in [5.41, 5.74) is 5.58. The number of carbonyl (C=O) groups excluding carboxylic acids is 2. The quantitative estimate of drug-likeness (QED) is 0.899. The van der Waals surface area contributed by atoms with Gasteiger partial charge in [0.15, 0.2) is 6.61 Å². The largest absolute Gasteiger partial charge is 0.497 e. The van der Waals surface area contributed by atoms with Gasteiger partial charge in [0.1, 0.15) is 11.5 Å².